The van der Waals surface area contributed by atoms with E-state index < -0.39 is 5.97 Å². The molecule has 3 aliphatic carbocycles. The van der Waals surface area contributed by atoms with Gasteiger partial charge >= 0.3 is 5.97 Å². The zero-order valence-electron chi connectivity index (χ0n) is 18.4. The van der Waals surface area contributed by atoms with Gasteiger partial charge in [-0.25, -0.2) is 0 Å². The molecular weight excluding hydrogens is 364 g/mol. The molecule has 0 amide bonds. The first-order chi connectivity index (χ1) is 13.9. The second kappa shape index (κ2) is 8.89. The fourth-order valence-corrected chi connectivity index (χ4v) is 6.53. The van der Waals surface area contributed by atoms with Crippen LogP contribution in [0.15, 0.2) is 18.2 Å². The molecule has 0 bridgehead atoms. The highest BCUT2D eigenvalue weighted by Gasteiger charge is 2.58. The van der Waals surface area contributed by atoms with Crippen molar-refractivity contribution in [1.29, 1.82) is 0 Å². The highest BCUT2D eigenvalue weighted by molar-refractivity contribution is 5.87. The number of hydrogen-bond acceptors (Lipinski definition) is 3. The van der Waals surface area contributed by atoms with Crippen molar-refractivity contribution < 1.29 is 19.4 Å². The molecule has 1 N–H and O–H groups in total. The fraction of sp³-hybridized carbons (Fsp3) is 0.680. The van der Waals surface area contributed by atoms with Gasteiger partial charge in [0.2, 0.25) is 0 Å². The maximum atomic E-state index is 12.9. The molecule has 4 nitrogen and oxygen atoms in total. The number of aliphatic carboxylic acids is 1. The SMILES string of the molecule is CC.COc1ccc2c(c1)CCC1C3C(CCCC(=O)O)CC(=O)C3(C)CC[C@H]21. The number of aryl methyl sites for hydroxylation is 1. The van der Waals surface area contributed by atoms with E-state index in [1.54, 1.807) is 7.11 Å². The Morgan fingerprint density at radius 3 is 2.72 bits per heavy atom. The van der Waals surface area contributed by atoms with Gasteiger partial charge in [0.05, 0.1) is 7.11 Å². The van der Waals surface area contributed by atoms with Crippen LogP contribution in [-0.2, 0) is 16.0 Å². The van der Waals surface area contributed by atoms with Gasteiger partial charge in [0, 0.05) is 18.3 Å². The van der Waals surface area contributed by atoms with E-state index in [0.717, 1.165) is 37.9 Å². The van der Waals surface area contributed by atoms with Gasteiger partial charge in [-0.15, -0.1) is 0 Å². The Hall–Kier alpha value is -1.84. The first-order valence-electron chi connectivity index (χ1n) is 11.4. The van der Waals surface area contributed by atoms with Gasteiger partial charge in [-0.05, 0) is 85.5 Å². The Morgan fingerprint density at radius 2 is 2.03 bits per heavy atom. The number of carbonyl (C=O) groups is 2. The molecule has 0 radical (unpaired) electrons. The van der Waals surface area contributed by atoms with E-state index in [2.05, 4.69) is 25.1 Å². The quantitative estimate of drug-likeness (QED) is 0.696. The Labute approximate surface area is 175 Å². The van der Waals surface area contributed by atoms with Gasteiger partial charge in [-0.1, -0.05) is 26.8 Å². The summed E-state index contributed by atoms with van der Waals surface area (Å²) >= 11 is 0. The number of Topliss-reactive ketones (excluding diaryl/α,β-unsaturated/α-hetero) is 1. The third-order valence-electron chi connectivity index (χ3n) is 7.74. The summed E-state index contributed by atoms with van der Waals surface area (Å²) < 4.78 is 5.40. The average Bonchev–Trinajstić information content (AvgIpc) is 2.98. The number of fused-ring (bicyclic) bond motifs is 5. The fourth-order valence-electron chi connectivity index (χ4n) is 6.53. The van der Waals surface area contributed by atoms with Crippen molar-refractivity contribution in [2.24, 2.45) is 23.2 Å². The number of methoxy groups -OCH3 is 1. The molecule has 0 aromatic heterocycles. The topological polar surface area (TPSA) is 63.6 Å². The third kappa shape index (κ3) is 3.95. The summed E-state index contributed by atoms with van der Waals surface area (Å²) in [5, 5.41) is 8.98. The van der Waals surface area contributed by atoms with Gasteiger partial charge in [0.1, 0.15) is 11.5 Å². The predicted octanol–water partition coefficient (Wildman–Crippen LogP) is 5.63. The predicted molar refractivity (Wildman–Crippen MR) is 114 cm³/mol. The normalized spacial score (nSPS) is 32.3. The molecule has 4 unspecified atom stereocenters. The molecule has 1 aromatic rings. The van der Waals surface area contributed by atoms with Crippen LogP contribution in [-0.4, -0.2) is 24.0 Å². The second-order valence-electron chi connectivity index (χ2n) is 9.03. The lowest BCUT2D eigenvalue weighted by molar-refractivity contribution is -0.137. The van der Waals surface area contributed by atoms with E-state index >= 15 is 0 Å². The number of carboxylic acids is 1. The minimum absolute atomic E-state index is 0.195. The maximum Gasteiger partial charge on any atom is 0.303 e. The van der Waals surface area contributed by atoms with Crippen molar-refractivity contribution in [2.75, 3.05) is 7.11 Å². The Balaban J connectivity index is 0.00000117. The van der Waals surface area contributed by atoms with Crippen LogP contribution in [0.5, 0.6) is 5.75 Å². The maximum absolute atomic E-state index is 12.9. The summed E-state index contributed by atoms with van der Waals surface area (Å²) in [4.78, 5) is 23.8. The van der Waals surface area contributed by atoms with Crippen LogP contribution in [0, 0.1) is 23.2 Å². The van der Waals surface area contributed by atoms with Gasteiger partial charge < -0.3 is 9.84 Å². The van der Waals surface area contributed by atoms with Crippen LogP contribution in [0.4, 0.5) is 0 Å². The average molecular weight is 401 g/mol. The molecule has 29 heavy (non-hydrogen) atoms. The molecule has 160 valence electrons. The summed E-state index contributed by atoms with van der Waals surface area (Å²) in [6.45, 7) is 6.19. The zero-order chi connectivity index (χ0) is 21.2. The first-order valence-corrected chi connectivity index (χ1v) is 11.4. The van der Waals surface area contributed by atoms with Crippen molar-refractivity contribution in [3.8, 4) is 5.75 Å². The highest BCUT2D eigenvalue weighted by atomic mass is 16.5. The summed E-state index contributed by atoms with van der Waals surface area (Å²) in [7, 11) is 1.71. The van der Waals surface area contributed by atoms with Crippen LogP contribution >= 0.6 is 0 Å². The molecule has 0 spiro atoms. The molecule has 0 saturated heterocycles. The van der Waals surface area contributed by atoms with Crippen LogP contribution in [0.1, 0.15) is 82.8 Å². The van der Waals surface area contributed by atoms with Crippen molar-refractivity contribution in [2.45, 2.75) is 78.1 Å². The molecule has 0 heterocycles. The van der Waals surface area contributed by atoms with Crippen molar-refractivity contribution >= 4 is 11.8 Å². The monoisotopic (exact) mass is 400 g/mol. The lowest BCUT2D eigenvalue weighted by Crippen LogP contribution is -2.44. The molecule has 1 aromatic carbocycles. The van der Waals surface area contributed by atoms with E-state index in [9.17, 15) is 9.59 Å². The van der Waals surface area contributed by atoms with E-state index in [1.807, 2.05) is 13.8 Å². The van der Waals surface area contributed by atoms with E-state index in [-0.39, 0.29) is 11.8 Å². The van der Waals surface area contributed by atoms with E-state index in [4.69, 9.17) is 9.84 Å². The van der Waals surface area contributed by atoms with Gasteiger partial charge in [-0.2, -0.15) is 0 Å². The van der Waals surface area contributed by atoms with E-state index in [1.165, 1.54) is 11.1 Å². The Kier molecular flexibility index (Phi) is 6.70. The van der Waals surface area contributed by atoms with Crippen molar-refractivity contribution in [1.82, 2.24) is 0 Å². The minimum Gasteiger partial charge on any atom is -0.497 e. The number of carboxylic acid groups (broad SMARTS) is 1. The third-order valence-corrected chi connectivity index (χ3v) is 7.74. The summed E-state index contributed by atoms with van der Waals surface area (Å²) in [5.41, 5.74) is 2.67. The van der Waals surface area contributed by atoms with Gasteiger partial charge in [0.15, 0.2) is 0 Å². The number of rotatable bonds is 5. The molecule has 3 aliphatic rings. The molecular formula is C25H36O4. The summed E-state index contributed by atoms with van der Waals surface area (Å²) in [6, 6.07) is 6.49. The van der Waals surface area contributed by atoms with Crippen LogP contribution in [0.25, 0.3) is 0 Å². The van der Waals surface area contributed by atoms with Gasteiger partial charge in [-0.3, -0.25) is 9.59 Å². The largest absolute Gasteiger partial charge is 0.497 e. The number of carbonyl (C=O) groups excluding carboxylic acids is 1. The lowest BCUT2D eigenvalue weighted by atomic mass is 9.54. The van der Waals surface area contributed by atoms with Crippen molar-refractivity contribution in [3.63, 3.8) is 0 Å². The highest BCUT2D eigenvalue weighted by Crippen LogP contribution is 2.62. The van der Waals surface area contributed by atoms with Crippen molar-refractivity contribution in [3.05, 3.63) is 29.3 Å². The number of ketones is 1. The van der Waals surface area contributed by atoms with Crippen LogP contribution in [0.3, 0.4) is 0 Å². The smallest absolute Gasteiger partial charge is 0.303 e. The summed E-state index contributed by atoms with van der Waals surface area (Å²) in [5.74, 6) is 2.46. The van der Waals surface area contributed by atoms with Gasteiger partial charge in [0.25, 0.3) is 0 Å². The van der Waals surface area contributed by atoms with Crippen LogP contribution < -0.4 is 4.74 Å². The molecule has 5 atom stereocenters. The Bertz CT molecular complexity index is 755. The second-order valence-corrected chi connectivity index (χ2v) is 9.03. The number of ether oxygens (including phenoxy) is 1. The first kappa shape index (κ1) is 21.9. The molecule has 0 aliphatic heterocycles. The molecule has 2 saturated carbocycles. The standard InChI is InChI=1S/C23H30O4.C2H6/c1-23-11-10-18-17-9-7-16(27-2)12-14(17)6-8-19(18)22(23)15(13-20(23)24)4-3-5-21(25)26;1-2/h7,9,12,15,18-19,22H,3-6,8,10-11,13H2,1-2H3,(H,25,26);1-2H3/t15?,18-,19?,22?,23?;/m1./s1. The number of benzene rings is 1. The summed E-state index contributed by atoms with van der Waals surface area (Å²) in [6.07, 6.45) is 6.67. The van der Waals surface area contributed by atoms with Crippen LogP contribution in [0.2, 0.25) is 0 Å². The zero-order valence-corrected chi connectivity index (χ0v) is 18.4. The molecule has 4 heteroatoms. The molecule has 2 fully saturated rings. The minimum atomic E-state index is -0.732. The number of hydrogen-bond donors (Lipinski definition) is 1. The Morgan fingerprint density at radius 1 is 1.28 bits per heavy atom. The lowest BCUT2D eigenvalue weighted by Gasteiger charge is -2.50. The molecule has 4 rings (SSSR count). The van der Waals surface area contributed by atoms with E-state index in [0.29, 0.717) is 42.3 Å².